The van der Waals surface area contributed by atoms with E-state index in [1.807, 2.05) is 0 Å². The van der Waals surface area contributed by atoms with Crippen molar-refractivity contribution in [3.05, 3.63) is 14.3 Å². The normalized spacial score (nSPS) is 9.57. The molecule has 0 aromatic rings. The van der Waals surface area contributed by atoms with Gasteiger partial charge in [0.2, 0.25) is 0 Å². The molecule has 0 aliphatic carbocycles. The van der Waals surface area contributed by atoms with Gasteiger partial charge in [-0.25, -0.2) is 1.37 Å². The van der Waals surface area contributed by atoms with Crippen LogP contribution in [0.3, 0.4) is 0 Å². The summed E-state index contributed by atoms with van der Waals surface area (Å²) in [5.41, 5.74) is 0.250. The minimum Gasteiger partial charge on any atom is -0.358 e. The van der Waals surface area contributed by atoms with Gasteiger partial charge in [-0.15, -0.1) is 0 Å². The van der Waals surface area contributed by atoms with Crippen LogP contribution in [-0.4, -0.2) is 0 Å². The Hall–Kier alpha value is 0.688. The van der Waals surface area contributed by atoms with Gasteiger partial charge in [-0.05, 0) is 0 Å². The molecule has 0 amide bonds. The van der Waals surface area contributed by atoms with Crippen molar-refractivity contribution in [2.75, 3.05) is 0 Å². The predicted octanol–water partition coefficient (Wildman–Crippen LogP) is 2.31. The standard InChI is InChI=1S/C5H11.CH3.W/c1-5(2,3)4;;/h1H2,2-4H3;1H3;/q2*-1;+2/i;1D;. The molecule has 0 radical (unpaired) electrons. The van der Waals surface area contributed by atoms with Gasteiger partial charge in [0.25, 0.3) is 0 Å². The minimum absolute atomic E-state index is 0. The van der Waals surface area contributed by atoms with E-state index in [0.29, 0.717) is 0 Å². The average Bonchev–Trinajstić information content (AvgIpc) is 1.36. The molecule has 0 aromatic carbocycles. The van der Waals surface area contributed by atoms with Gasteiger partial charge in [0.1, 0.15) is 0 Å². The first-order valence-electron chi connectivity index (χ1n) is 2.56. The molecule has 0 atom stereocenters. The fourth-order valence-electron chi connectivity index (χ4n) is 0. The third-order valence-electron chi connectivity index (χ3n) is 0. The zero-order valence-electron chi connectivity index (χ0n) is 6.32. The molecule has 0 saturated carbocycles. The molecule has 0 N–H and O–H groups in total. The Bertz CT molecular complexity index is 24.0. The zero-order chi connectivity index (χ0) is 6.50. The van der Waals surface area contributed by atoms with E-state index in [9.17, 15) is 0 Å². The van der Waals surface area contributed by atoms with Crippen LogP contribution in [0.1, 0.15) is 22.1 Å². The van der Waals surface area contributed by atoms with E-state index in [2.05, 4.69) is 35.1 Å². The summed E-state index contributed by atoms with van der Waals surface area (Å²) in [4.78, 5) is 0. The van der Waals surface area contributed by atoms with Crippen molar-refractivity contribution in [3.8, 4) is 0 Å². The molecule has 0 heterocycles. The minimum atomic E-state index is 0. The Labute approximate surface area is 63.4 Å². The van der Waals surface area contributed by atoms with Crippen molar-refractivity contribution in [2.24, 2.45) is 5.41 Å². The van der Waals surface area contributed by atoms with E-state index in [1.165, 1.54) is 0 Å². The van der Waals surface area contributed by atoms with Crippen LogP contribution in [0.2, 0.25) is 0 Å². The summed E-state index contributed by atoms with van der Waals surface area (Å²) in [5, 5.41) is 0. The first kappa shape index (κ1) is 10.6. The van der Waals surface area contributed by atoms with Gasteiger partial charge in [0, 0.05) is 0 Å². The summed E-state index contributed by atoms with van der Waals surface area (Å²) in [5.74, 6) is 0. The van der Waals surface area contributed by atoms with E-state index in [4.69, 9.17) is 1.37 Å². The molecular weight excluding hydrogens is 256 g/mol. The fraction of sp³-hybridized carbons (Fsp3) is 0.667. The van der Waals surface area contributed by atoms with E-state index in [0.717, 1.165) is 0 Å². The molecule has 0 aliphatic heterocycles. The van der Waals surface area contributed by atoms with Crippen LogP contribution in [0.15, 0.2) is 0 Å². The van der Waals surface area contributed by atoms with Crippen molar-refractivity contribution in [1.29, 1.82) is 0 Å². The first-order valence-corrected chi connectivity index (χ1v) is 1.85. The predicted molar refractivity (Wildman–Crippen MR) is 31.2 cm³/mol. The van der Waals surface area contributed by atoms with Gasteiger partial charge in [0.05, 0.1) is 0 Å². The van der Waals surface area contributed by atoms with Crippen molar-refractivity contribution >= 4 is 0 Å². The Morgan fingerprint density at radius 3 is 1.43 bits per heavy atom. The smallest absolute Gasteiger partial charge is 0.358 e. The molecule has 0 saturated heterocycles. The molecular formula is C6H14W. The topological polar surface area (TPSA) is 0 Å². The number of hydrogen-bond donors (Lipinski definition) is 0. The van der Waals surface area contributed by atoms with Crippen LogP contribution in [0.4, 0.5) is 0 Å². The van der Waals surface area contributed by atoms with E-state index in [1.54, 1.807) is 0 Å². The van der Waals surface area contributed by atoms with Gasteiger partial charge < -0.3 is 14.3 Å². The monoisotopic (exact) mass is 271 g/mol. The third-order valence-corrected chi connectivity index (χ3v) is 0. The summed E-state index contributed by atoms with van der Waals surface area (Å²) in [6.45, 7) is 10.0. The molecule has 1 heteroatoms. The van der Waals surface area contributed by atoms with Gasteiger partial charge in [-0.3, -0.25) is 0 Å². The van der Waals surface area contributed by atoms with Crippen LogP contribution in [0.25, 0.3) is 0 Å². The van der Waals surface area contributed by atoms with Crippen LogP contribution < -0.4 is 0 Å². The molecule has 0 spiro atoms. The quantitative estimate of drug-likeness (QED) is 0.593. The summed E-state index contributed by atoms with van der Waals surface area (Å²) in [6, 6.07) is 0. The maximum absolute atomic E-state index is 5.50. The molecule has 0 fully saturated rings. The summed E-state index contributed by atoms with van der Waals surface area (Å²) < 4.78 is 5.50. The molecule has 0 aliphatic rings. The van der Waals surface area contributed by atoms with Crippen molar-refractivity contribution in [1.82, 2.24) is 0 Å². The van der Waals surface area contributed by atoms with Crippen molar-refractivity contribution in [3.63, 3.8) is 0 Å². The van der Waals surface area contributed by atoms with Crippen LogP contribution >= 0.6 is 0 Å². The summed E-state index contributed by atoms with van der Waals surface area (Å²) >= 11 is 0. The Balaban J connectivity index is -0.0000000750. The fourth-order valence-corrected chi connectivity index (χ4v) is 0. The molecule has 0 unspecified atom stereocenters. The van der Waals surface area contributed by atoms with Gasteiger partial charge in [-0.2, -0.15) is 5.41 Å². The van der Waals surface area contributed by atoms with Crippen LogP contribution in [-0.2, 0) is 21.1 Å². The summed E-state index contributed by atoms with van der Waals surface area (Å²) in [7, 11) is 2.50. The first-order chi connectivity index (χ1) is 3.00. The second-order valence-corrected chi connectivity index (χ2v) is 2.56. The van der Waals surface area contributed by atoms with Gasteiger partial charge >= 0.3 is 21.1 Å². The number of rotatable bonds is 0. The Kier molecular flexibility index (Phi) is 7.35. The molecule has 0 bridgehead atoms. The second-order valence-electron chi connectivity index (χ2n) is 2.56. The maximum Gasteiger partial charge on any atom is 2.00 e. The van der Waals surface area contributed by atoms with Crippen molar-refractivity contribution in [2.45, 2.75) is 20.8 Å². The number of hydrogen-bond acceptors (Lipinski definition) is 0. The van der Waals surface area contributed by atoms with Gasteiger partial charge in [-0.1, -0.05) is 20.8 Å². The Morgan fingerprint density at radius 1 is 1.43 bits per heavy atom. The largest absolute Gasteiger partial charge is 2.00 e. The molecule has 44 valence electrons. The molecule has 0 aromatic heterocycles. The Morgan fingerprint density at radius 2 is 1.43 bits per heavy atom. The SMILES string of the molecule is [2H][CH2-].[CH2-]C(C)(C)C.[W+2]. The second kappa shape index (κ2) is 4.84. The maximum atomic E-state index is 5.50. The average molecular weight is 271 g/mol. The van der Waals surface area contributed by atoms with Crippen molar-refractivity contribution < 1.29 is 22.4 Å². The zero-order valence-corrected chi connectivity index (χ0v) is 8.26. The summed E-state index contributed by atoms with van der Waals surface area (Å²) in [6.07, 6.45) is 0. The van der Waals surface area contributed by atoms with Gasteiger partial charge in [0.15, 0.2) is 0 Å². The van der Waals surface area contributed by atoms with E-state index in [-0.39, 0.29) is 26.5 Å². The van der Waals surface area contributed by atoms with Crippen LogP contribution in [0, 0.1) is 19.7 Å². The van der Waals surface area contributed by atoms with E-state index < -0.39 is 0 Å². The third kappa shape index (κ3) is 310. The van der Waals surface area contributed by atoms with Crippen LogP contribution in [0.5, 0.6) is 0 Å². The molecule has 0 rings (SSSR count). The molecule has 7 heavy (non-hydrogen) atoms. The molecule has 0 nitrogen and oxygen atoms in total. The van der Waals surface area contributed by atoms with E-state index >= 15 is 0 Å².